The highest BCUT2D eigenvalue weighted by Gasteiger charge is 2.26. The Morgan fingerprint density at radius 1 is 1.26 bits per heavy atom. The molecule has 5 heteroatoms. The first-order chi connectivity index (χ1) is 11.1. The molecule has 3 rings (SSSR count). The Balaban J connectivity index is 1.57. The van der Waals surface area contributed by atoms with Gasteiger partial charge in [-0.15, -0.1) is 0 Å². The van der Waals surface area contributed by atoms with Gasteiger partial charge >= 0.3 is 0 Å². The highest BCUT2D eigenvalue weighted by Crippen LogP contribution is 2.27. The van der Waals surface area contributed by atoms with Gasteiger partial charge in [-0.05, 0) is 24.1 Å². The molecule has 1 aliphatic heterocycles. The van der Waals surface area contributed by atoms with Gasteiger partial charge in [-0.3, -0.25) is 4.79 Å². The van der Waals surface area contributed by atoms with E-state index in [2.05, 4.69) is 5.32 Å². The summed E-state index contributed by atoms with van der Waals surface area (Å²) in [6.07, 6.45) is -0.186. The second-order valence-corrected chi connectivity index (χ2v) is 6.01. The van der Waals surface area contributed by atoms with Crippen LogP contribution in [0.3, 0.4) is 0 Å². The van der Waals surface area contributed by atoms with Crippen LogP contribution in [0.25, 0.3) is 0 Å². The number of hydrogen-bond acceptors (Lipinski definition) is 3. The molecule has 2 atom stereocenters. The molecule has 0 radical (unpaired) electrons. The Morgan fingerprint density at radius 2 is 2.00 bits per heavy atom. The third-order valence-corrected chi connectivity index (χ3v) is 4.33. The summed E-state index contributed by atoms with van der Waals surface area (Å²) in [5, 5.41) is 13.4. The zero-order valence-corrected chi connectivity index (χ0v) is 13.3. The van der Waals surface area contributed by atoms with Crippen LogP contribution < -0.4 is 10.1 Å². The highest BCUT2D eigenvalue weighted by atomic mass is 35.5. The van der Waals surface area contributed by atoms with Crippen LogP contribution >= 0.6 is 11.6 Å². The molecule has 0 aromatic heterocycles. The number of benzene rings is 2. The number of carbonyl (C=O) groups is 1. The molecule has 1 heterocycles. The minimum Gasteiger partial charge on any atom is -0.492 e. The zero-order chi connectivity index (χ0) is 16.2. The Bertz CT molecular complexity index is 704. The van der Waals surface area contributed by atoms with Crippen molar-refractivity contribution in [2.75, 3.05) is 13.2 Å². The molecule has 0 bridgehead atoms. The first-order valence-electron chi connectivity index (χ1n) is 7.56. The lowest BCUT2D eigenvalue weighted by atomic mass is 9.96. The minimum atomic E-state index is -0.829. The number of amides is 1. The largest absolute Gasteiger partial charge is 0.492 e. The van der Waals surface area contributed by atoms with E-state index in [0.29, 0.717) is 23.6 Å². The van der Waals surface area contributed by atoms with Gasteiger partial charge in [0.2, 0.25) is 5.91 Å². The second-order valence-electron chi connectivity index (χ2n) is 5.60. The summed E-state index contributed by atoms with van der Waals surface area (Å²) in [7, 11) is 0. The lowest BCUT2D eigenvalue weighted by Crippen LogP contribution is -2.39. The standard InChI is InChI=1S/C18H18ClNO3/c19-15-7-3-2-6-14(15)16(21)10-20-18(22)13-9-12-5-1-4-8-17(12)23-11-13/h1-8,13,16,21H,9-11H2,(H,20,22). The summed E-state index contributed by atoms with van der Waals surface area (Å²) in [5.74, 6) is 0.474. The molecule has 1 aliphatic rings. The van der Waals surface area contributed by atoms with E-state index in [0.717, 1.165) is 11.3 Å². The summed E-state index contributed by atoms with van der Waals surface area (Å²) < 4.78 is 5.62. The number of ether oxygens (including phenoxy) is 1. The molecular weight excluding hydrogens is 314 g/mol. The molecular formula is C18H18ClNO3. The van der Waals surface area contributed by atoms with E-state index in [4.69, 9.17) is 16.3 Å². The molecule has 4 nitrogen and oxygen atoms in total. The Hall–Kier alpha value is -2.04. The van der Waals surface area contributed by atoms with E-state index in [1.807, 2.05) is 24.3 Å². The van der Waals surface area contributed by atoms with Gasteiger partial charge in [0.1, 0.15) is 12.4 Å². The average molecular weight is 332 g/mol. The third kappa shape index (κ3) is 3.66. The molecule has 0 fully saturated rings. The molecule has 0 saturated heterocycles. The molecule has 23 heavy (non-hydrogen) atoms. The number of halogens is 1. The Kier molecular flexibility index (Phi) is 4.84. The maximum absolute atomic E-state index is 12.3. The molecule has 0 saturated carbocycles. The van der Waals surface area contributed by atoms with Crippen LogP contribution in [0.15, 0.2) is 48.5 Å². The van der Waals surface area contributed by atoms with E-state index < -0.39 is 6.10 Å². The quantitative estimate of drug-likeness (QED) is 0.905. The number of aliphatic hydroxyl groups is 1. The summed E-state index contributed by atoms with van der Waals surface area (Å²) in [4.78, 5) is 12.3. The number of rotatable bonds is 4. The highest BCUT2D eigenvalue weighted by molar-refractivity contribution is 6.31. The van der Waals surface area contributed by atoms with Crippen LogP contribution in [0.2, 0.25) is 5.02 Å². The fourth-order valence-electron chi connectivity index (χ4n) is 2.69. The normalized spacial score (nSPS) is 17.7. The van der Waals surface area contributed by atoms with Gasteiger partial charge < -0.3 is 15.2 Å². The van der Waals surface area contributed by atoms with Crippen molar-refractivity contribution in [3.05, 3.63) is 64.7 Å². The Morgan fingerprint density at radius 3 is 2.83 bits per heavy atom. The van der Waals surface area contributed by atoms with Crippen molar-refractivity contribution in [1.29, 1.82) is 0 Å². The van der Waals surface area contributed by atoms with Crippen molar-refractivity contribution in [2.45, 2.75) is 12.5 Å². The fourth-order valence-corrected chi connectivity index (χ4v) is 2.95. The van der Waals surface area contributed by atoms with Crippen LogP contribution in [0, 0.1) is 5.92 Å². The summed E-state index contributed by atoms with van der Waals surface area (Å²) in [6, 6.07) is 14.8. The minimum absolute atomic E-state index is 0.120. The molecule has 0 aliphatic carbocycles. The fraction of sp³-hybridized carbons (Fsp3) is 0.278. The van der Waals surface area contributed by atoms with Crippen LogP contribution in [0.5, 0.6) is 5.75 Å². The molecule has 2 unspecified atom stereocenters. The van der Waals surface area contributed by atoms with Gasteiger partial charge in [0.25, 0.3) is 0 Å². The van der Waals surface area contributed by atoms with E-state index in [1.165, 1.54) is 0 Å². The number of hydrogen-bond donors (Lipinski definition) is 2. The second kappa shape index (κ2) is 7.02. The summed E-state index contributed by atoms with van der Waals surface area (Å²) >= 11 is 6.05. The van der Waals surface area contributed by atoms with Gasteiger partial charge in [0.05, 0.1) is 12.0 Å². The average Bonchev–Trinajstić information content (AvgIpc) is 2.59. The first kappa shape index (κ1) is 15.8. The van der Waals surface area contributed by atoms with Crippen molar-refractivity contribution in [3.63, 3.8) is 0 Å². The van der Waals surface area contributed by atoms with Crippen LogP contribution in [0.4, 0.5) is 0 Å². The van der Waals surface area contributed by atoms with Gasteiger partial charge in [-0.1, -0.05) is 48.0 Å². The summed E-state index contributed by atoms with van der Waals surface area (Å²) in [6.45, 7) is 0.478. The zero-order valence-electron chi connectivity index (χ0n) is 12.5. The van der Waals surface area contributed by atoms with Gasteiger partial charge in [0.15, 0.2) is 0 Å². The van der Waals surface area contributed by atoms with Crippen molar-refractivity contribution in [1.82, 2.24) is 5.32 Å². The third-order valence-electron chi connectivity index (χ3n) is 3.98. The topological polar surface area (TPSA) is 58.6 Å². The van der Waals surface area contributed by atoms with E-state index in [9.17, 15) is 9.90 Å². The number of aliphatic hydroxyl groups excluding tert-OH is 1. The molecule has 0 spiro atoms. The molecule has 120 valence electrons. The van der Waals surface area contributed by atoms with Crippen LogP contribution in [-0.2, 0) is 11.2 Å². The monoisotopic (exact) mass is 331 g/mol. The predicted octanol–water partition coefficient (Wildman–Crippen LogP) is 2.74. The first-order valence-corrected chi connectivity index (χ1v) is 7.94. The Labute approximate surface area is 140 Å². The molecule has 1 amide bonds. The van der Waals surface area contributed by atoms with Crippen molar-refractivity contribution in [3.8, 4) is 5.75 Å². The maximum atomic E-state index is 12.3. The number of nitrogens with one attached hydrogen (secondary N) is 1. The van der Waals surface area contributed by atoms with E-state index >= 15 is 0 Å². The van der Waals surface area contributed by atoms with Gasteiger partial charge in [-0.25, -0.2) is 0 Å². The van der Waals surface area contributed by atoms with Crippen molar-refractivity contribution in [2.24, 2.45) is 5.92 Å². The van der Waals surface area contributed by atoms with Crippen molar-refractivity contribution < 1.29 is 14.6 Å². The summed E-state index contributed by atoms with van der Waals surface area (Å²) in [5.41, 5.74) is 1.64. The van der Waals surface area contributed by atoms with Crippen LogP contribution in [0.1, 0.15) is 17.2 Å². The van der Waals surface area contributed by atoms with Crippen LogP contribution in [-0.4, -0.2) is 24.2 Å². The predicted molar refractivity (Wildman–Crippen MR) is 88.6 cm³/mol. The molecule has 2 N–H and O–H groups in total. The number of fused-ring (bicyclic) bond motifs is 1. The smallest absolute Gasteiger partial charge is 0.226 e. The lowest BCUT2D eigenvalue weighted by molar-refractivity contribution is -0.126. The lowest BCUT2D eigenvalue weighted by Gasteiger charge is -2.25. The number of carbonyl (C=O) groups excluding carboxylic acids is 1. The SMILES string of the molecule is O=C(NCC(O)c1ccccc1Cl)C1COc2ccccc2C1. The van der Waals surface area contributed by atoms with Gasteiger partial charge in [-0.2, -0.15) is 0 Å². The van der Waals surface area contributed by atoms with E-state index in [1.54, 1.807) is 24.3 Å². The van der Waals surface area contributed by atoms with Crippen molar-refractivity contribution >= 4 is 17.5 Å². The number of para-hydroxylation sites is 1. The molecule has 2 aromatic rings. The van der Waals surface area contributed by atoms with E-state index in [-0.39, 0.29) is 18.4 Å². The molecule has 2 aromatic carbocycles. The maximum Gasteiger partial charge on any atom is 0.226 e. The van der Waals surface area contributed by atoms with Gasteiger partial charge in [0, 0.05) is 17.1 Å².